The van der Waals surface area contributed by atoms with E-state index in [2.05, 4.69) is 153 Å². The van der Waals surface area contributed by atoms with Gasteiger partial charge in [0.2, 0.25) is 0 Å². The van der Waals surface area contributed by atoms with Crippen molar-refractivity contribution >= 4 is 51.8 Å². The summed E-state index contributed by atoms with van der Waals surface area (Å²) in [5.74, 6) is 0.811. The van der Waals surface area contributed by atoms with E-state index in [0.29, 0.717) is 0 Å². The molecule has 0 saturated carbocycles. The Bertz CT molecular complexity index is 1430. The van der Waals surface area contributed by atoms with E-state index < -0.39 is 13.1 Å². The number of rotatable bonds is 7. The van der Waals surface area contributed by atoms with Gasteiger partial charge in [0.25, 0.3) is 0 Å². The minimum Gasteiger partial charge on any atom is -0.258 e. The smallest absolute Gasteiger partial charge is 0.0621 e. The Morgan fingerprint density at radius 2 is 0.861 bits per heavy atom. The maximum absolute atomic E-state index is 6.80. The molecule has 0 aromatic heterocycles. The van der Waals surface area contributed by atoms with Crippen LogP contribution in [-0.2, 0) is 11.8 Å². The second-order valence-electron chi connectivity index (χ2n) is 8.93. The molecule has 1 nitrogen and oxygen atoms in total. The Morgan fingerprint density at radius 3 is 1.25 bits per heavy atom. The highest BCUT2D eigenvalue weighted by molar-refractivity contribution is 8.25. The standard InChI is InChI=1S/C32H29NP2S/c1-27-22-24-28(25-23-27)33-34(29-14-6-2-7-15-29,30-16-8-3-9-17-30)26-35(36,31-18-10-4-11-19-31)32-20-12-5-13-21-32/h2-25H,26H2,1H3. The largest absolute Gasteiger partial charge is 0.258 e. The average molecular weight is 522 g/mol. The summed E-state index contributed by atoms with van der Waals surface area (Å²) in [4.78, 5) is 0. The molecule has 5 rings (SSSR count). The van der Waals surface area contributed by atoms with Crippen LogP contribution >= 0.6 is 13.1 Å². The summed E-state index contributed by atoms with van der Waals surface area (Å²) in [6, 6.07) is 49.5. The number of benzene rings is 5. The minimum atomic E-state index is -2.32. The molecule has 5 aromatic carbocycles. The molecular formula is C32H29NP2S. The van der Waals surface area contributed by atoms with Crippen LogP contribution in [0.3, 0.4) is 0 Å². The Kier molecular flexibility index (Phi) is 7.49. The van der Waals surface area contributed by atoms with Crippen molar-refractivity contribution in [3.63, 3.8) is 0 Å². The highest BCUT2D eigenvalue weighted by Gasteiger charge is 2.34. The van der Waals surface area contributed by atoms with E-state index in [0.717, 1.165) is 11.6 Å². The van der Waals surface area contributed by atoms with Crippen LogP contribution in [0.25, 0.3) is 0 Å². The second kappa shape index (κ2) is 10.9. The van der Waals surface area contributed by atoms with Gasteiger partial charge in [-0.25, -0.2) is 0 Å². The Balaban J connectivity index is 1.85. The zero-order valence-corrected chi connectivity index (χ0v) is 22.9. The predicted octanol–water partition coefficient (Wildman–Crippen LogP) is 7.57. The highest BCUT2D eigenvalue weighted by Crippen LogP contribution is 2.62. The number of hydrogen-bond donors (Lipinski definition) is 0. The maximum atomic E-state index is 6.80. The summed E-state index contributed by atoms with van der Waals surface area (Å²) in [5, 5.41) is 5.00. The van der Waals surface area contributed by atoms with Crippen molar-refractivity contribution in [2.45, 2.75) is 6.92 Å². The van der Waals surface area contributed by atoms with Crippen LogP contribution in [-0.4, -0.2) is 5.90 Å². The fourth-order valence-electron chi connectivity index (χ4n) is 4.56. The van der Waals surface area contributed by atoms with Crippen LogP contribution in [0.2, 0.25) is 0 Å². The topological polar surface area (TPSA) is 12.4 Å². The lowest BCUT2D eigenvalue weighted by molar-refractivity contribution is 1.44. The van der Waals surface area contributed by atoms with Crippen LogP contribution in [0.15, 0.2) is 150 Å². The Labute approximate surface area is 219 Å². The first kappa shape index (κ1) is 24.7. The zero-order chi connectivity index (χ0) is 24.8. The molecule has 0 radical (unpaired) electrons. The van der Waals surface area contributed by atoms with Gasteiger partial charge in [-0.3, -0.25) is 4.74 Å². The lowest BCUT2D eigenvalue weighted by atomic mass is 10.2. The summed E-state index contributed by atoms with van der Waals surface area (Å²) in [5.41, 5.74) is 2.24. The van der Waals surface area contributed by atoms with E-state index in [9.17, 15) is 0 Å². The third-order valence-electron chi connectivity index (χ3n) is 6.44. The summed E-state index contributed by atoms with van der Waals surface area (Å²) < 4.78 is 5.68. The van der Waals surface area contributed by atoms with Crippen LogP contribution in [0.1, 0.15) is 5.56 Å². The van der Waals surface area contributed by atoms with E-state index in [1.165, 1.54) is 26.8 Å². The SMILES string of the molecule is Cc1ccc(N=P(CP(=S)(c2ccccc2)c2ccccc2)(c2ccccc2)c2ccccc2)cc1. The summed E-state index contributed by atoms with van der Waals surface area (Å²) in [6.45, 7) is 2.12. The molecule has 0 spiro atoms. The quantitative estimate of drug-likeness (QED) is 0.201. The number of hydrogen-bond acceptors (Lipinski definition) is 2. The van der Waals surface area contributed by atoms with E-state index in [1.54, 1.807) is 0 Å². The molecule has 0 aliphatic heterocycles. The Hall–Kier alpha value is -3.02. The minimum absolute atomic E-state index is 0.811. The molecule has 0 bridgehead atoms. The van der Waals surface area contributed by atoms with E-state index in [4.69, 9.17) is 16.6 Å². The fraction of sp³-hybridized carbons (Fsp3) is 0.0625. The van der Waals surface area contributed by atoms with E-state index >= 15 is 0 Å². The molecule has 0 N–H and O–H groups in total. The number of nitrogens with zero attached hydrogens (tertiary/aromatic N) is 1. The highest BCUT2D eigenvalue weighted by atomic mass is 32.4. The zero-order valence-electron chi connectivity index (χ0n) is 20.3. The first-order valence-electron chi connectivity index (χ1n) is 12.1. The molecule has 5 aromatic rings. The monoisotopic (exact) mass is 521 g/mol. The van der Waals surface area contributed by atoms with Gasteiger partial charge in [-0.15, -0.1) is 0 Å². The molecule has 178 valence electrons. The summed E-state index contributed by atoms with van der Waals surface area (Å²) in [7, 11) is -2.32. The second-order valence-corrected chi connectivity index (χ2v) is 17.2. The van der Waals surface area contributed by atoms with E-state index in [1.807, 2.05) is 0 Å². The molecule has 0 unspecified atom stereocenters. The molecule has 0 atom stereocenters. The van der Waals surface area contributed by atoms with Gasteiger partial charge < -0.3 is 0 Å². The molecule has 0 fully saturated rings. The van der Waals surface area contributed by atoms with Gasteiger partial charge >= 0.3 is 0 Å². The first-order chi connectivity index (χ1) is 17.6. The van der Waals surface area contributed by atoms with Gasteiger partial charge in [-0.2, -0.15) is 0 Å². The van der Waals surface area contributed by atoms with Gasteiger partial charge in [0.05, 0.1) is 5.69 Å². The average Bonchev–Trinajstić information content (AvgIpc) is 2.96. The number of aryl methyl sites for hydroxylation is 1. The van der Waals surface area contributed by atoms with Gasteiger partial charge in [0.1, 0.15) is 0 Å². The molecule has 0 saturated heterocycles. The van der Waals surface area contributed by atoms with Crippen LogP contribution < -0.4 is 21.2 Å². The van der Waals surface area contributed by atoms with Crippen LogP contribution in [0, 0.1) is 6.92 Å². The van der Waals surface area contributed by atoms with Gasteiger partial charge in [-0.1, -0.05) is 151 Å². The van der Waals surface area contributed by atoms with Crippen molar-refractivity contribution in [2.75, 3.05) is 5.90 Å². The van der Waals surface area contributed by atoms with Crippen molar-refractivity contribution in [3.05, 3.63) is 151 Å². The summed E-state index contributed by atoms with van der Waals surface area (Å²) in [6.07, 6.45) is 0. The third-order valence-corrected chi connectivity index (χ3v) is 17.1. The van der Waals surface area contributed by atoms with Gasteiger partial charge in [-0.05, 0) is 40.3 Å². The van der Waals surface area contributed by atoms with Gasteiger partial charge in [0.15, 0.2) is 0 Å². The molecule has 0 heterocycles. The first-order valence-corrected chi connectivity index (χ1v) is 17.0. The predicted molar refractivity (Wildman–Crippen MR) is 164 cm³/mol. The van der Waals surface area contributed by atoms with Crippen molar-refractivity contribution in [3.8, 4) is 0 Å². The molecule has 0 amide bonds. The van der Waals surface area contributed by atoms with Gasteiger partial charge in [0, 0.05) is 19.0 Å². The normalized spacial score (nSPS) is 11.7. The van der Waals surface area contributed by atoms with Crippen LogP contribution in [0.4, 0.5) is 5.69 Å². The summed E-state index contributed by atoms with van der Waals surface area (Å²) >= 11 is 6.80. The third kappa shape index (κ3) is 5.09. The maximum Gasteiger partial charge on any atom is 0.0621 e. The molecule has 36 heavy (non-hydrogen) atoms. The van der Waals surface area contributed by atoms with Crippen LogP contribution in [0.5, 0.6) is 0 Å². The molecule has 4 heteroatoms. The van der Waals surface area contributed by atoms with Crippen molar-refractivity contribution < 1.29 is 0 Å². The molecule has 0 aliphatic rings. The molecular weight excluding hydrogens is 492 g/mol. The van der Waals surface area contributed by atoms with Crippen molar-refractivity contribution in [2.24, 2.45) is 4.74 Å². The lowest BCUT2D eigenvalue weighted by Crippen LogP contribution is -2.25. The molecule has 0 aliphatic carbocycles. The Morgan fingerprint density at radius 1 is 0.500 bits per heavy atom. The lowest BCUT2D eigenvalue weighted by Gasteiger charge is -2.33. The van der Waals surface area contributed by atoms with E-state index in [-0.39, 0.29) is 0 Å². The van der Waals surface area contributed by atoms with Crippen molar-refractivity contribution in [1.29, 1.82) is 0 Å². The fourth-order valence-corrected chi connectivity index (χ4v) is 16.0. The van der Waals surface area contributed by atoms with Crippen molar-refractivity contribution in [1.82, 2.24) is 0 Å².